The molecule has 0 aliphatic carbocycles. The van der Waals surface area contributed by atoms with Gasteiger partial charge in [-0.1, -0.05) is 18.2 Å². The third kappa shape index (κ3) is 5.34. The minimum absolute atomic E-state index is 0.211. The number of piperazine rings is 1. The second-order valence-corrected chi connectivity index (χ2v) is 5.48. The third-order valence-corrected chi connectivity index (χ3v) is 3.90. The highest BCUT2D eigenvalue weighted by atomic mass is 16.5. The predicted octanol–water partition coefficient (Wildman–Crippen LogP) is 0.551. The predicted molar refractivity (Wildman–Crippen MR) is 86.4 cm³/mol. The summed E-state index contributed by atoms with van der Waals surface area (Å²) in [4.78, 5) is 38.6. The topological polar surface area (TPSA) is 76.2 Å². The Labute approximate surface area is 141 Å². The van der Waals surface area contributed by atoms with Gasteiger partial charge >= 0.3 is 11.9 Å². The van der Waals surface area contributed by atoms with E-state index < -0.39 is 5.97 Å². The summed E-state index contributed by atoms with van der Waals surface area (Å²) in [5.74, 6) is -1.06. The quantitative estimate of drug-likeness (QED) is 0.559. The van der Waals surface area contributed by atoms with Crippen LogP contribution in [0.3, 0.4) is 0 Å². The molecule has 0 unspecified atom stereocenters. The van der Waals surface area contributed by atoms with Gasteiger partial charge in [-0.3, -0.25) is 14.5 Å². The summed E-state index contributed by atoms with van der Waals surface area (Å²) in [6.07, 6.45) is -0.217. The summed E-state index contributed by atoms with van der Waals surface area (Å²) < 4.78 is 9.75. The standard InChI is InChI=1S/C17H22N2O5/c1-23-16(21)13-15(20)19-9-7-18(8-10-19)11-12-24-17(22)14-5-3-2-4-6-14/h2-6H,7-13H2,1H3. The Hall–Kier alpha value is -2.41. The fraction of sp³-hybridized carbons (Fsp3) is 0.471. The number of amides is 1. The zero-order chi connectivity index (χ0) is 17.4. The minimum Gasteiger partial charge on any atom is -0.469 e. The monoisotopic (exact) mass is 334 g/mol. The second kappa shape index (κ2) is 9.02. The molecule has 0 saturated carbocycles. The number of hydrogen-bond donors (Lipinski definition) is 0. The van der Waals surface area contributed by atoms with Crippen LogP contribution in [-0.4, -0.2) is 74.1 Å². The SMILES string of the molecule is COC(=O)CC(=O)N1CCN(CCOC(=O)c2ccccc2)CC1. The Morgan fingerprint density at radius 2 is 1.71 bits per heavy atom. The van der Waals surface area contributed by atoms with Crippen LogP contribution in [0.4, 0.5) is 0 Å². The second-order valence-electron chi connectivity index (χ2n) is 5.48. The molecule has 1 fully saturated rings. The summed E-state index contributed by atoms with van der Waals surface area (Å²) in [7, 11) is 1.27. The number of carbonyl (C=O) groups is 3. The first kappa shape index (κ1) is 17.9. The van der Waals surface area contributed by atoms with Gasteiger partial charge in [0.2, 0.25) is 5.91 Å². The average molecular weight is 334 g/mol. The zero-order valence-corrected chi connectivity index (χ0v) is 13.8. The maximum atomic E-state index is 11.9. The molecule has 0 radical (unpaired) electrons. The van der Waals surface area contributed by atoms with Crippen LogP contribution in [0.5, 0.6) is 0 Å². The van der Waals surface area contributed by atoms with Gasteiger partial charge in [-0.15, -0.1) is 0 Å². The molecule has 0 spiro atoms. The number of ether oxygens (including phenoxy) is 2. The molecular weight excluding hydrogens is 312 g/mol. The number of nitrogens with zero attached hydrogens (tertiary/aromatic N) is 2. The van der Waals surface area contributed by atoms with E-state index in [1.54, 1.807) is 29.2 Å². The summed E-state index contributed by atoms with van der Waals surface area (Å²) in [6, 6.07) is 8.86. The Balaban J connectivity index is 1.65. The van der Waals surface area contributed by atoms with Gasteiger partial charge in [0.1, 0.15) is 13.0 Å². The number of rotatable bonds is 6. The molecule has 1 aliphatic heterocycles. The van der Waals surface area contributed by atoms with Crippen molar-refractivity contribution in [2.75, 3.05) is 46.4 Å². The van der Waals surface area contributed by atoms with Crippen LogP contribution in [-0.2, 0) is 19.1 Å². The lowest BCUT2D eigenvalue weighted by Crippen LogP contribution is -2.49. The number of hydrogen-bond acceptors (Lipinski definition) is 6. The largest absolute Gasteiger partial charge is 0.469 e. The van der Waals surface area contributed by atoms with Crippen molar-refractivity contribution in [2.45, 2.75) is 6.42 Å². The van der Waals surface area contributed by atoms with Gasteiger partial charge in [-0.2, -0.15) is 0 Å². The highest BCUT2D eigenvalue weighted by Crippen LogP contribution is 2.05. The van der Waals surface area contributed by atoms with Crippen molar-refractivity contribution in [3.8, 4) is 0 Å². The summed E-state index contributed by atoms with van der Waals surface area (Å²) in [6.45, 7) is 3.43. The number of carbonyl (C=O) groups excluding carboxylic acids is 3. The van der Waals surface area contributed by atoms with Crippen LogP contribution in [0.15, 0.2) is 30.3 Å². The Kier molecular flexibility index (Phi) is 6.74. The molecule has 1 aliphatic rings. The van der Waals surface area contributed by atoms with Gasteiger partial charge in [0.15, 0.2) is 0 Å². The number of esters is 2. The summed E-state index contributed by atoms with van der Waals surface area (Å²) in [5, 5.41) is 0. The molecule has 0 N–H and O–H groups in total. The normalized spacial score (nSPS) is 15.0. The third-order valence-electron chi connectivity index (χ3n) is 3.90. The zero-order valence-electron chi connectivity index (χ0n) is 13.8. The van der Waals surface area contributed by atoms with E-state index >= 15 is 0 Å². The smallest absolute Gasteiger partial charge is 0.338 e. The van der Waals surface area contributed by atoms with Gasteiger partial charge in [-0.05, 0) is 12.1 Å². The molecule has 1 aromatic rings. The van der Waals surface area contributed by atoms with Crippen molar-refractivity contribution in [2.24, 2.45) is 0 Å². The van der Waals surface area contributed by atoms with E-state index in [0.29, 0.717) is 44.9 Å². The maximum Gasteiger partial charge on any atom is 0.338 e. The van der Waals surface area contributed by atoms with Crippen LogP contribution < -0.4 is 0 Å². The van der Waals surface area contributed by atoms with E-state index in [0.717, 1.165) is 0 Å². The van der Waals surface area contributed by atoms with Crippen LogP contribution in [0.1, 0.15) is 16.8 Å². The molecule has 7 nitrogen and oxygen atoms in total. The molecule has 2 rings (SSSR count). The molecule has 130 valence electrons. The van der Waals surface area contributed by atoms with E-state index in [9.17, 15) is 14.4 Å². The van der Waals surface area contributed by atoms with E-state index in [2.05, 4.69) is 9.64 Å². The van der Waals surface area contributed by atoms with E-state index in [1.165, 1.54) is 7.11 Å². The van der Waals surface area contributed by atoms with Gasteiger partial charge in [0.05, 0.1) is 12.7 Å². The maximum absolute atomic E-state index is 11.9. The van der Waals surface area contributed by atoms with Gasteiger partial charge in [0, 0.05) is 32.7 Å². The molecule has 24 heavy (non-hydrogen) atoms. The van der Waals surface area contributed by atoms with E-state index in [4.69, 9.17) is 4.74 Å². The Morgan fingerprint density at radius 1 is 1.04 bits per heavy atom. The van der Waals surface area contributed by atoms with Crippen LogP contribution in [0.25, 0.3) is 0 Å². The van der Waals surface area contributed by atoms with E-state index in [-0.39, 0.29) is 18.3 Å². The van der Waals surface area contributed by atoms with Gasteiger partial charge < -0.3 is 14.4 Å². The molecule has 1 heterocycles. The fourth-order valence-corrected chi connectivity index (χ4v) is 2.45. The fourth-order valence-electron chi connectivity index (χ4n) is 2.45. The van der Waals surface area contributed by atoms with Crippen molar-refractivity contribution < 1.29 is 23.9 Å². The first-order chi connectivity index (χ1) is 11.6. The molecule has 1 saturated heterocycles. The van der Waals surface area contributed by atoms with Gasteiger partial charge in [0.25, 0.3) is 0 Å². The summed E-state index contributed by atoms with van der Waals surface area (Å²) in [5.41, 5.74) is 0.538. The Bertz CT molecular complexity index is 568. The highest BCUT2D eigenvalue weighted by Gasteiger charge is 2.23. The lowest BCUT2D eigenvalue weighted by Gasteiger charge is -2.34. The van der Waals surface area contributed by atoms with Crippen molar-refractivity contribution in [1.29, 1.82) is 0 Å². The first-order valence-corrected chi connectivity index (χ1v) is 7.89. The van der Waals surface area contributed by atoms with Crippen molar-refractivity contribution in [3.63, 3.8) is 0 Å². The molecule has 1 amide bonds. The summed E-state index contributed by atoms with van der Waals surface area (Å²) >= 11 is 0. The molecule has 0 aromatic heterocycles. The first-order valence-electron chi connectivity index (χ1n) is 7.89. The van der Waals surface area contributed by atoms with Gasteiger partial charge in [-0.25, -0.2) is 4.79 Å². The molecule has 0 atom stereocenters. The van der Waals surface area contributed by atoms with Crippen LogP contribution in [0.2, 0.25) is 0 Å². The molecular formula is C17H22N2O5. The highest BCUT2D eigenvalue weighted by molar-refractivity contribution is 5.94. The van der Waals surface area contributed by atoms with Crippen molar-refractivity contribution in [1.82, 2.24) is 9.80 Å². The lowest BCUT2D eigenvalue weighted by molar-refractivity contribution is -0.147. The lowest BCUT2D eigenvalue weighted by atomic mass is 10.2. The van der Waals surface area contributed by atoms with Crippen LogP contribution >= 0.6 is 0 Å². The van der Waals surface area contributed by atoms with Crippen LogP contribution in [0, 0.1) is 0 Å². The van der Waals surface area contributed by atoms with Crippen molar-refractivity contribution in [3.05, 3.63) is 35.9 Å². The van der Waals surface area contributed by atoms with Crippen molar-refractivity contribution >= 4 is 17.8 Å². The molecule has 1 aromatic carbocycles. The molecule has 7 heteroatoms. The number of benzene rings is 1. The minimum atomic E-state index is -0.518. The Morgan fingerprint density at radius 3 is 2.33 bits per heavy atom. The number of methoxy groups -OCH3 is 1. The van der Waals surface area contributed by atoms with E-state index in [1.807, 2.05) is 6.07 Å². The average Bonchev–Trinajstić information content (AvgIpc) is 2.62. The molecule has 0 bridgehead atoms.